The van der Waals surface area contributed by atoms with E-state index in [1.807, 2.05) is 0 Å². The largest absolute Gasteiger partial charge is 0.497 e. The zero-order valence-corrected chi connectivity index (χ0v) is 15.1. The second kappa shape index (κ2) is 7.40. The summed E-state index contributed by atoms with van der Waals surface area (Å²) in [5, 5.41) is 10.7. The first-order valence-electron chi connectivity index (χ1n) is 8.15. The molecule has 1 heterocycles. The number of hydrogen-bond acceptors (Lipinski definition) is 5. The standard InChI is InChI=1S/C17H19N3O5S/c1-25-16-6-8-17(9-7-16)26(23,24)19-12-10-18(11-13-19)14-2-4-15(5-3-14)20(21)22/h2-9H,10-13H2,1H3/p+1. The lowest BCUT2D eigenvalue weighted by atomic mass is 10.2. The van der Waals surface area contributed by atoms with Gasteiger partial charge in [0.25, 0.3) is 5.69 Å². The number of nitrogens with one attached hydrogen (secondary N) is 1. The summed E-state index contributed by atoms with van der Waals surface area (Å²) in [7, 11) is -2.00. The molecule has 3 rings (SSSR count). The van der Waals surface area contributed by atoms with Gasteiger partial charge in [0.05, 0.1) is 43.1 Å². The third-order valence-corrected chi connectivity index (χ3v) is 6.42. The van der Waals surface area contributed by atoms with Crippen LogP contribution >= 0.6 is 0 Å². The van der Waals surface area contributed by atoms with Crippen molar-refractivity contribution in [1.29, 1.82) is 0 Å². The molecule has 1 aliphatic heterocycles. The quantitative estimate of drug-likeness (QED) is 0.614. The lowest BCUT2D eigenvalue weighted by Crippen LogP contribution is -3.10. The van der Waals surface area contributed by atoms with E-state index >= 15 is 0 Å². The van der Waals surface area contributed by atoms with Crippen LogP contribution in [-0.4, -0.2) is 50.9 Å². The first-order valence-corrected chi connectivity index (χ1v) is 9.59. The summed E-state index contributed by atoms with van der Waals surface area (Å²) in [5.74, 6) is 0.608. The summed E-state index contributed by atoms with van der Waals surface area (Å²) in [6.45, 7) is 1.99. The third-order valence-electron chi connectivity index (χ3n) is 4.51. The maximum atomic E-state index is 12.8. The average molecular weight is 378 g/mol. The van der Waals surface area contributed by atoms with E-state index < -0.39 is 14.9 Å². The lowest BCUT2D eigenvalue weighted by molar-refractivity contribution is -0.837. The highest BCUT2D eigenvalue weighted by Gasteiger charge is 2.31. The molecule has 138 valence electrons. The second-order valence-electron chi connectivity index (χ2n) is 5.99. The SMILES string of the molecule is COc1ccc(S(=O)(=O)N2CC[NH+](c3ccc([N+](=O)[O-])cc3)CC2)cc1. The second-order valence-corrected chi connectivity index (χ2v) is 7.93. The van der Waals surface area contributed by atoms with Crippen molar-refractivity contribution in [3.63, 3.8) is 0 Å². The van der Waals surface area contributed by atoms with E-state index in [2.05, 4.69) is 0 Å². The molecule has 0 aromatic heterocycles. The Kier molecular flexibility index (Phi) is 5.21. The van der Waals surface area contributed by atoms with Crippen LogP contribution in [0.4, 0.5) is 11.4 Å². The fourth-order valence-electron chi connectivity index (χ4n) is 3.00. The van der Waals surface area contributed by atoms with Crippen molar-refractivity contribution in [3.8, 4) is 5.75 Å². The van der Waals surface area contributed by atoms with Crippen molar-refractivity contribution in [2.75, 3.05) is 33.3 Å². The van der Waals surface area contributed by atoms with Crippen LogP contribution in [0.15, 0.2) is 53.4 Å². The molecule has 2 aromatic carbocycles. The average Bonchev–Trinajstić information content (AvgIpc) is 2.68. The van der Waals surface area contributed by atoms with Gasteiger partial charge in [-0.25, -0.2) is 8.42 Å². The molecule has 0 atom stereocenters. The first kappa shape index (κ1) is 18.3. The van der Waals surface area contributed by atoms with E-state index in [9.17, 15) is 18.5 Å². The molecule has 26 heavy (non-hydrogen) atoms. The predicted octanol–water partition coefficient (Wildman–Crippen LogP) is 0.824. The van der Waals surface area contributed by atoms with Gasteiger partial charge >= 0.3 is 0 Å². The summed E-state index contributed by atoms with van der Waals surface area (Å²) in [6, 6.07) is 12.7. The van der Waals surface area contributed by atoms with Crippen LogP contribution in [0.3, 0.4) is 0 Å². The minimum absolute atomic E-state index is 0.0499. The van der Waals surface area contributed by atoms with Crippen LogP contribution in [0.5, 0.6) is 5.75 Å². The number of piperazine rings is 1. The van der Waals surface area contributed by atoms with Gasteiger partial charge in [-0.3, -0.25) is 10.1 Å². The predicted molar refractivity (Wildman–Crippen MR) is 95.2 cm³/mol. The number of non-ortho nitro benzene ring substituents is 1. The molecule has 1 saturated heterocycles. The minimum atomic E-state index is -3.54. The molecule has 9 heteroatoms. The molecule has 0 amide bonds. The normalized spacial score (nSPS) is 16.3. The molecule has 1 N–H and O–H groups in total. The van der Waals surface area contributed by atoms with Crippen LogP contribution in [0.1, 0.15) is 0 Å². The zero-order chi connectivity index (χ0) is 18.7. The van der Waals surface area contributed by atoms with Gasteiger partial charge in [0.15, 0.2) is 0 Å². The summed E-state index contributed by atoms with van der Waals surface area (Å²) in [6.07, 6.45) is 0. The maximum absolute atomic E-state index is 12.8. The molecule has 0 unspecified atom stereocenters. The van der Waals surface area contributed by atoms with Crippen LogP contribution < -0.4 is 9.64 Å². The summed E-state index contributed by atoms with van der Waals surface area (Å²) < 4.78 is 32.0. The van der Waals surface area contributed by atoms with Gasteiger partial charge in [0, 0.05) is 24.3 Å². The Morgan fingerprint density at radius 3 is 2.12 bits per heavy atom. The first-order chi connectivity index (χ1) is 12.4. The van der Waals surface area contributed by atoms with Crippen molar-refractivity contribution < 1.29 is 23.0 Å². The topological polar surface area (TPSA) is 94.2 Å². The van der Waals surface area contributed by atoms with E-state index in [4.69, 9.17) is 4.74 Å². The molecule has 0 radical (unpaired) electrons. The molecule has 1 aliphatic rings. The Balaban J connectivity index is 1.68. The molecular weight excluding hydrogens is 358 g/mol. The van der Waals surface area contributed by atoms with Gasteiger partial charge in [-0.1, -0.05) is 0 Å². The van der Waals surface area contributed by atoms with Crippen LogP contribution in [0, 0.1) is 10.1 Å². The zero-order valence-electron chi connectivity index (χ0n) is 14.3. The van der Waals surface area contributed by atoms with Gasteiger partial charge < -0.3 is 9.64 Å². The summed E-state index contributed by atoms with van der Waals surface area (Å²) in [4.78, 5) is 11.7. The maximum Gasteiger partial charge on any atom is 0.269 e. The fraction of sp³-hybridized carbons (Fsp3) is 0.294. The number of nitro benzene ring substituents is 1. The minimum Gasteiger partial charge on any atom is -0.497 e. The van der Waals surface area contributed by atoms with Gasteiger partial charge in [-0.05, 0) is 24.3 Å². The lowest BCUT2D eigenvalue weighted by Gasteiger charge is -2.31. The Labute approximate surface area is 151 Å². The van der Waals surface area contributed by atoms with Crippen molar-refractivity contribution >= 4 is 21.4 Å². The number of methoxy groups -OCH3 is 1. The molecule has 0 spiro atoms. The highest BCUT2D eigenvalue weighted by Crippen LogP contribution is 2.20. The number of hydrogen-bond donors (Lipinski definition) is 1. The number of rotatable bonds is 5. The van der Waals surface area contributed by atoms with Crippen LogP contribution in [0.2, 0.25) is 0 Å². The van der Waals surface area contributed by atoms with Crippen LogP contribution in [0.25, 0.3) is 0 Å². The van der Waals surface area contributed by atoms with Crippen molar-refractivity contribution in [1.82, 2.24) is 4.31 Å². The summed E-state index contributed by atoms with van der Waals surface area (Å²) in [5.41, 5.74) is 0.978. The summed E-state index contributed by atoms with van der Waals surface area (Å²) >= 11 is 0. The van der Waals surface area contributed by atoms with Crippen molar-refractivity contribution in [2.24, 2.45) is 0 Å². The highest BCUT2D eigenvalue weighted by atomic mass is 32.2. The number of ether oxygens (including phenoxy) is 1. The van der Waals surface area contributed by atoms with E-state index in [0.717, 1.165) is 10.6 Å². The van der Waals surface area contributed by atoms with Crippen molar-refractivity contribution in [3.05, 3.63) is 58.6 Å². The van der Waals surface area contributed by atoms with Gasteiger partial charge in [-0.15, -0.1) is 0 Å². The number of sulfonamides is 1. The Morgan fingerprint density at radius 2 is 1.62 bits per heavy atom. The number of benzene rings is 2. The highest BCUT2D eigenvalue weighted by molar-refractivity contribution is 7.89. The van der Waals surface area contributed by atoms with Crippen molar-refractivity contribution in [2.45, 2.75) is 4.90 Å². The number of nitro groups is 1. The number of nitrogens with zero attached hydrogens (tertiary/aromatic N) is 2. The molecule has 1 fully saturated rings. The third kappa shape index (κ3) is 3.69. The Bertz CT molecular complexity index is 874. The van der Waals surface area contributed by atoms with E-state index in [-0.39, 0.29) is 10.6 Å². The van der Waals surface area contributed by atoms with Crippen LogP contribution in [-0.2, 0) is 10.0 Å². The molecule has 0 bridgehead atoms. The molecule has 2 aromatic rings. The molecule has 0 aliphatic carbocycles. The number of quaternary nitrogens is 1. The molecule has 8 nitrogen and oxygen atoms in total. The van der Waals surface area contributed by atoms with E-state index in [0.29, 0.717) is 31.9 Å². The van der Waals surface area contributed by atoms with Gasteiger partial charge in [0.2, 0.25) is 10.0 Å². The molecular formula is C17H20N3O5S+. The molecule has 0 saturated carbocycles. The Morgan fingerprint density at radius 1 is 1.04 bits per heavy atom. The fourth-order valence-corrected chi connectivity index (χ4v) is 4.44. The smallest absolute Gasteiger partial charge is 0.269 e. The monoisotopic (exact) mass is 378 g/mol. The Hall–Kier alpha value is -2.49. The van der Waals surface area contributed by atoms with Gasteiger partial charge in [0.1, 0.15) is 11.4 Å². The van der Waals surface area contributed by atoms with E-state index in [1.165, 1.54) is 23.5 Å². The van der Waals surface area contributed by atoms with E-state index in [1.54, 1.807) is 36.4 Å². The van der Waals surface area contributed by atoms with Gasteiger partial charge in [-0.2, -0.15) is 4.31 Å².